The van der Waals surface area contributed by atoms with Crippen molar-refractivity contribution >= 4 is 0 Å². The third-order valence-corrected chi connectivity index (χ3v) is 3.82. The molecule has 2 nitrogen and oxygen atoms in total. The maximum Gasteiger partial charge on any atom is 0.123 e. The van der Waals surface area contributed by atoms with Gasteiger partial charge in [0.05, 0.1) is 0 Å². The zero-order valence-corrected chi connectivity index (χ0v) is 13.8. The largest absolute Gasteiger partial charge is 0.507 e. The molecule has 0 heterocycles. The van der Waals surface area contributed by atoms with Gasteiger partial charge in [-0.05, 0) is 54.2 Å². The van der Waals surface area contributed by atoms with Gasteiger partial charge in [0.1, 0.15) is 11.5 Å². The molecule has 0 aromatic heterocycles. The third kappa shape index (κ3) is 3.16. The molecule has 0 unspecified atom stereocenters. The molecule has 2 aromatic rings. The molecule has 0 saturated heterocycles. The number of benzene rings is 2. The van der Waals surface area contributed by atoms with Gasteiger partial charge in [-0.25, -0.2) is 0 Å². The molecule has 22 heavy (non-hydrogen) atoms. The van der Waals surface area contributed by atoms with E-state index < -0.39 is 0 Å². The van der Waals surface area contributed by atoms with Gasteiger partial charge in [0.2, 0.25) is 0 Å². The standard InChI is InChI=1S/C20H24O2/c1-6-7-14-11-15(12-17(19(14)22)20(3,4)5)16-10-13(2)8-9-18(16)21/h6,8-12,21-22H,1,7H2,2-5H3. The predicted molar refractivity (Wildman–Crippen MR) is 92.5 cm³/mol. The van der Waals surface area contributed by atoms with Crippen LogP contribution >= 0.6 is 0 Å². The highest BCUT2D eigenvalue weighted by atomic mass is 16.3. The van der Waals surface area contributed by atoms with E-state index in [1.54, 1.807) is 12.1 Å². The van der Waals surface area contributed by atoms with Crippen molar-refractivity contribution in [1.82, 2.24) is 0 Å². The van der Waals surface area contributed by atoms with Gasteiger partial charge >= 0.3 is 0 Å². The number of rotatable bonds is 3. The summed E-state index contributed by atoms with van der Waals surface area (Å²) in [6, 6.07) is 9.46. The second kappa shape index (κ2) is 5.88. The number of hydrogen-bond acceptors (Lipinski definition) is 2. The molecule has 2 rings (SSSR count). The third-order valence-electron chi connectivity index (χ3n) is 3.82. The molecule has 0 aliphatic heterocycles. The van der Waals surface area contributed by atoms with E-state index in [2.05, 4.69) is 27.4 Å². The summed E-state index contributed by atoms with van der Waals surface area (Å²) in [5.41, 5.74) is 4.32. The van der Waals surface area contributed by atoms with E-state index in [4.69, 9.17) is 0 Å². The van der Waals surface area contributed by atoms with Crippen LogP contribution in [0.5, 0.6) is 11.5 Å². The van der Waals surface area contributed by atoms with Crippen molar-refractivity contribution in [3.8, 4) is 22.6 Å². The Hall–Kier alpha value is -2.22. The van der Waals surface area contributed by atoms with E-state index in [0.29, 0.717) is 12.2 Å². The van der Waals surface area contributed by atoms with E-state index in [0.717, 1.165) is 27.8 Å². The van der Waals surface area contributed by atoms with Crippen LogP contribution in [0.25, 0.3) is 11.1 Å². The van der Waals surface area contributed by atoms with E-state index in [9.17, 15) is 10.2 Å². The molecule has 0 saturated carbocycles. The van der Waals surface area contributed by atoms with E-state index in [1.807, 2.05) is 31.2 Å². The van der Waals surface area contributed by atoms with E-state index in [-0.39, 0.29) is 11.2 Å². The highest BCUT2D eigenvalue weighted by Gasteiger charge is 2.22. The van der Waals surface area contributed by atoms with Gasteiger partial charge in [0, 0.05) is 11.1 Å². The Balaban J connectivity index is 2.73. The quantitative estimate of drug-likeness (QED) is 0.774. The van der Waals surface area contributed by atoms with Gasteiger partial charge in [0.15, 0.2) is 0 Å². The Morgan fingerprint density at radius 1 is 1.09 bits per heavy atom. The fourth-order valence-electron chi connectivity index (χ4n) is 2.61. The molecule has 2 heteroatoms. The number of phenolic OH excluding ortho intramolecular Hbond substituents is 2. The minimum atomic E-state index is -0.185. The maximum atomic E-state index is 10.5. The van der Waals surface area contributed by atoms with Crippen LogP contribution in [0.1, 0.15) is 37.5 Å². The Morgan fingerprint density at radius 3 is 2.36 bits per heavy atom. The summed E-state index contributed by atoms with van der Waals surface area (Å²) in [6.07, 6.45) is 2.37. The Morgan fingerprint density at radius 2 is 1.77 bits per heavy atom. The van der Waals surface area contributed by atoms with E-state index in [1.165, 1.54) is 0 Å². The molecule has 2 N–H and O–H groups in total. The molecule has 0 amide bonds. The van der Waals surface area contributed by atoms with Crippen molar-refractivity contribution < 1.29 is 10.2 Å². The highest BCUT2D eigenvalue weighted by Crippen LogP contribution is 2.39. The van der Waals surface area contributed by atoms with Crippen LogP contribution in [0.4, 0.5) is 0 Å². The van der Waals surface area contributed by atoms with Gasteiger partial charge < -0.3 is 10.2 Å². The van der Waals surface area contributed by atoms with Crippen molar-refractivity contribution in [2.24, 2.45) is 0 Å². The highest BCUT2D eigenvalue weighted by molar-refractivity contribution is 5.74. The fraction of sp³-hybridized carbons (Fsp3) is 0.300. The lowest BCUT2D eigenvalue weighted by atomic mass is 9.82. The monoisotopic (exact) mass is 296 g/mol. The number of allylic oxidation sites excluding steroid dienone is 1. The predicted octanol–water partition coefficient (Wildman–Crippen LogP) is 5.10. The van der Waals surface area contributed by atoms with Crippen molar-refractivity contribution in [3.05, 3.63) is 59.7 Å². The summed E-state index contributed by atoms with van der Waals surface area (Å²) in [5.74, 6) is 0.573. The summed E-state index contributed by atoms with van der Waals surface area (Å²) >= 11 is 0. The van der Waals surface area contributed by atoms with Crippen LogP contribution < -0.4 is 0 Å². The maximum absolute atomic E-state index is 10.5. The SMILES string of the molecule is C=CCc1cc(-c2cc(C)ccc2O)cc(C(C)(C)C)c1O. The zero-order chi connectivity index (χ0) is 16.5. The molecule has 0 bridgehead atoms. The molecule has 0 radical (unpaired) electrons. The van der Waals surface area contributed by atoms with Crippen molar-refractivity contribution in [3.63, 3.8) is 0 Å². The second-order valence-corrected chi connectivity index (χ2v) is 6.79. The van der Waals surface area contributed by atoms with Gasteiger partial charge in [-0.15, -0.1) is 6.58 Å². The average molecular weight is 296 g/mol. The molecule has 116 valence electrons. The first-order valence-corrected chi connectivity index (χ1v) is 7.51. The van der Waals surface area contributed by atoms with Crippen LogP contribution in [0, 0.1) is 6.92 Å². The molecule has 2 aromatic carbocycles. The van der Waals surface area contributed by atoms with Gasteiger partial charge in [0.25, 0.3) is 0 Å². The average Bonchev–Trinajstić information content (AvgIpc) is 2.43. The Bertz CT molecular complexity index is 706. The van der Waals surface area contributed by atoms with E-state index >= 15 is 0 Å². The summed E-state index contributed by atoms with van der Waals surface area (Å²) in [6.45, 7) is 12.0. The fourth-order valence-corrected chi connectivity index (χ4v) is 2.61. The molecule has 0 aliphatic rings. The molecule has 0 fully saturated rings. The first-order valence-electron chi connectivity index (χ1n) is 7.51. The minimum absolute atomic E-state index is 0.185. The van der Waals surface area contributed by atoms with Crippen LogP contribution in [-0.4, -0.2) is 10.2 Å². The summed E-state index contributed by atoms with van der Waals surface area (Å²) < 4.78 is 0. The van der Waals surface area contributed by atoms with Gasteiger partial charge in [-0.3, -0.25) is 0 Å². The van der Waals surface area contributed by atoms with Crippen LogP contribution in [0.2, 0.25) is 0 Å². The summed E-state index contributed by atoms with van der Waals surface area (Å²) in [5, 5.41) is 20.7. The van der Waals surface area contributed by atoms with Crippen LogP contribution in [0.15, 0.2) is 43.0 Å². The summed E-state index contributed by atoms with van der Waals surface area (Å²) in [4.78, 5) is 0. The van der Waals surface area contributed by atoms with Gasteiger partial charge in [-0.1, -0.05) is 38.5 Å². The molecule has 0 spiro atoms. The number of phenols is 2. The van der Waals surface area contributed by atoms with Gasteiger partial charge in [-0.2, -0.15) is 0 Å². The molecule has 0 aliphatic carbocycles. The lowest BCUT2D eigenvalue weighted by Gasteiger charge is -2.23. The normalized spacial score (nSPS) is 11.5. The zero-order valence-electron chi connectivity index (χ0n) is 13.8. The lowest BCUT2D eigenvalue weighted by Crippen LogP contribution is -2.12. The summed E-state index contributed by atoms with van der Waals surface area (Å²) in [7, 11) is 0. The lowest BCUT2D eigenvalue weighted by molar-refractivity contribution is 0.441. The Labute approximate surface area is 132 Å². The molecule has 0 atom stereocenters. The van der Waals surface area contributed by atoms with Crippen molar-refractivity contribution in [1.29, 1.82) is 0 Å². The molecular formula is C20H24O2. The second-order valence-electron chi connectivity index (χ2n) is 6.79. The van der Waals surface area contributed by atoms with Crippen LogP contribution in [-0.2, 0) is 11.8 Å². The van der Waals surface area contributed by atoms with Crippen molar-refractivity contribution in [2.75, 3.05) is 0 Å². The minimum Gasteiger partial charge on any atom is -0.507 e. The Kier molecular flexibility index (Phi) is 4.32. The number of hydrogen-bond donors (Lipinski definition) is 2. The number of aromatic hydroxyl groups is 2. The number of aryl methyl sites for hydroxylation is 1. The van der Waals surface area contributed by atoms with Crippen molar-refractivity contribution in [2.45, 2.75) is 39.5 Å². The first-order chi connectivity index (χ1) is 10.2. The first kappa shape index (κ1) is 16.2. The smallest absolute Gasteiger partial charge is 0.123 e. The molecular weight excluding hydrogens is 272 g/mol. The van der Waals surface area contributed by atoms with Crippen LogP contribution in [0.3, 0.4) is 0 Å². The topological polar surface area (TPSA) is 40.5 Å².